The minimum Gasteiger partial charge on any atom is -0.345 e. The van der Waals surface area contributed by atoms with Crippen LogP contribution in [-0.2, 0) is 0 Å². The molecule has 0 N–H and O–H groups in total. The highest BCUT2D eigenvalue weighted by Crippen LogP contribution is 2.41. The molecule has 2 aliphatic rings. The molecule has 19 heavy (non-hydrogen) atoms. The van der Waals surface area contributed by atoms with E-state index < -0.39 is 0 Å². The summed E-state index contributed by atoms with van der Waals surface area (Å²) in [7, 11) is 0. The van der Waals surface area contributed by atoms with Crippen LogP contribution in [0.15, 0.2) is 4.99 Å². The SMILES string of the molecule is CC1CCCCC2C(C1)S/C(=N/C(C)C)N2C(C)C. The third kappa shape index (κ3) is 3.68. The number of rotatable bonds is 2. The largest absolute Gasteiger partial charge is 0.345 e. The summed E-state index contributed by atoms with van der Waals surface area (Å²) >= 11 is 2.06. The molecule has 1 saturated heterocycles. The summed E-state index contributed by atoms with van der Waals surface area (Å²) in [5, 5.41) is 2.09. The molecule has 1 saturated carbocycles. The molecule has 2 nitrogen and oxygen atoms in total. The fourth-order valence-corrected chi connectivity index (χ4v) is 5.27. The zero-order chi connectivity index (χ0) is 14.0. The molecule has 2 rings (SSSR count). The molecular formula is C16H30N2S. The van der Waals surface area contributed by atoms with E-state index >= 15 is 0 Å². The van der Waals surface area contributed by atoms with Crippen LogP contribution < -0.4 is 0 Å². The molecular weight excluding hydrogens is 252 g/mol. The lowest BCUT2D eigenvalue weighted by Crippen LogP contribution is -2.42. The molecule has 0 amide bonds. The van der Waals surface area contributed by atoms with Crippen molar-refractivity contribution in [1.82, 2.24) is 4.90 Å². The first-order chi connectivity index (χ1) is 8.99. The van der Waals surface area contributed by atoms with E-state index in [0.717, 1.165) is 17.2 Å². The summed E-state index contributed by atoms with van der Waals surface area (Å²) < 4.78 is 0. The number of hydrogen-bond acceptors (Lipinski definition) is 2. The fourth-order valence-electron chi connectivity index (χ4n) is 3.41. The number of thioether (sulfide) groups is 1. The predicted molar refractivity (Wildman–Crippen MR) is 87.0 cm³/mol. The maximum absolute atomic E-state index is 4.90. The first kappa shape index (κ1) is 15.2. The Labute approximate surface area is 123 Å². The number of hydrogen-bond donors (Lipinski definition) is 0. The molecule has 0 aromatic rings. The molecule has 0 aromatic carbocycles. The highest BCUT2D eigenvalue weighted by atomic mass is 32.2. The van der Waals surface area contributed by atoms with Crippen LogP contribution in [-0.4, -0.2) is 33.4 Å². The highest BCUT2D eigenvalue weighted by Gasteiger charge is 2.41. The first-order valence-corrected chi connectivity index (χ1v) is 8.89. The Kier molecular flexibility index (Phi) is 5.22. The minimum absolute atomic E-state index is 0.408. The smallest absolute Gasteiger partial charge is 0.160 e. The van der Waals surface area contributed by atoms with Gasteiger partial charge in [-0.15, -0.1) is 0 Å². The third-order valence-electron chi connectivity index (χ3n) is 4.27. The van der Waals surface area contributed by atoms with Crippen molar-refractivity contribution in [2.24, 2.45) is 10.9 Å². The molecule has 2 fully saturated rings. The minimum atomic E-state index is 0.408. The van der Waals surface area contributed by atoms with Crippen LogP contribution in [0.25, 0.3) is 0 Å². The van der Waals surface area contributed by atoms with Gasteiger partial charge >= 0.3 is 0 Å². The molecule has 1 aliphatic carbocycles. The zero-order valence-electron chi connectivity index (χ0n) is 13.2. The van der Waals surface area contributed by atoms with Gasteiger partial charge in [0.2, 0.25) is 0 Å². The number of fused-ring (bicyclic) bond motifs is 1. The summed E-state index contributed by atoms with van der Waals surface area (Å²) in [6, 6.07) is 1.71. The molecule has 0 radical (unpaired) electrons. The van der Waals surface area contributed by atoms with Crippen molar-refractivity contribution in [3.8, 4) is 0 Å². The Morgan fingerprint density at radius 2 is 1.84 bits per heavy atom. The van der Waals surface area contributed by atoms with Crippen molar-refractivity contribution in [1.29, 1.82) is 0 Å². The van der Waals surface area contributed by atoms with Crippen LogP contribution in [0.5, 0.6) is 0 Å². The van der Waals surface area contributed by atoms with Crippen LogP contribution >= 0.6 is 11.8 Å². The van der Waals surface area contributed by atoms with Gasteiger partial charge in [0, 0.05) is 23.4 Å². The lowest BCUT2D eigenvalue weighted by atomic mass is 9.89. The summed E-state index contributed by atoms with van der Waals surface area (Å²) in [5.41, 5.74) is 0. The lowest BCUT2D eigenvalue weighted by Gasteiger charge is -2.34. The van der Waals surface area contributed by atoms with Gasteiger partial charge in [0.1, 0.15) is 0 Å². The summed E-state index contributed by atoms with van der Waals surface area (Å²) in [5.74, 6) is 0.882. The van der Waals surface area contributed by atoms with E-state index in [9.17, 15) is 0 Å². The molecule has 1 aliphatic heterocycles. The van der Waals surface area contributed by atoms with Gasteiger partial charge in [-0.05, 0) is 46.5 Å². The molecule has 3 atom stereocenters. The maximum atomic E-state index is 4.90. The van der Waals surface area contributed by atoms with Crippen molar-refractivity contribution in [3.63, 3.8) is 0 Å². The Hall–Kier alpha value is -0.180. The van der Waals surface area contributed by atoms with Crippen LogP contribution in [0.4, 0.5) is 0 Å². The summed E-state index contributed by atoms with van der Waals surface area (Å²) in [6.45, 7) is 11.5. The van der Waals surface area contributed by atoms with Gasteiger partial charge < -0.3 is 4.90 Å². The van der Waals surface area contributed by atoms with E-state index in [-0.39, 0.29) is 0 Å². The van der Waals surface area contributed by atoms with E-state index in [4.69, 9.17) is 4.99 Å². The van der Waals surface area contributed by atoms with E-state index in [1.54, 1.807) is 0 Å². The van der Waals surface area contributed by atoms with Gasteiger partial charge in [-0.2, -0.15) is 0 Å². The van der Waals surface area contributed by atoms with Crippen LogP contribution in [0.2, 0.25) is 0 Å². The lowest BCUT2D eigenvalue weighted by molar-refractivity contribution is 0.226. The average Bonchev–Trinajstić information content (AvgIpc) is 2.58. The first-order valence-electron chi connectivity index (χ1n) is 8.01. The van der Waals surface area contributed by atoms with Crippen LogP contribution in [0.1, 0.15) is 66.7 Å². The van der Waals surface area contributed by atoms with E-state index in [1.807, 2.05) is 0 Å². The second-order valence-corrected chi connectivity index (χ2v) is 8.06. The third-order valence-corrected chi connectivity index (χ3v) is 5.61. The van der Waals surface area contributed by atoms with Gasteiger partial charge in [0.05, 0.1) is 0 Å². The van der Waals surface area contributed by atoms with E-state index in [2.05, 4.69) is 51.3 Å². The quantitative estimate of drug-likeness (QED) is 0.738. The summed E-state index contributed by atoms with van der Waals surface area (Å²) in [6.07, 6.45) is 6.96. The Balaban J connectivity index is 2.21. The van der Waals surface area contributed by atoms with E-state index in [1.165, 1.54) is 37.3 Å². The second-order valence-electron chi connectivity index (χ2n) is 6.86. The molecule has 3 heteroatoms. The van der Waals surface area contributed by atoms with Gasteiger partial charge in [0.25, 0.3) is 0 Å². The fraction of sp³-hybridized carbons (Fsp3) is 0.938. The van der Waals surface area contributed by atoms with Crippen molar-refractivity contribution in [2.45, 2.75) is 90.1 Å². The standard InChI is InChI=1S/C16H30N2S/c1-11(2)17-16-18(12(3)4)14-9-7-6-8-13(5)10-15(14)19-16/h11-15H,6-10H2,1-5H3/b17-16+. The molecule has 0 spiro atoms. The Morgan fingerprint density at radius 3 is 2.47 bits per heavy atom. The van der Waals surface area contributed by atoms with E-state index in [0.29, 0.717) is 12.1 Å². The van der Waals surface area contributed by atoms with Gasteiger partial charge in [-0.3, -0.25) is 4.99 Å². The average molecular weight is 282 g/mol. The number of nitrogens with zero attached hydrogens (tertiary/aromatic N) is 2. The van der Waals surface area contributed by atoms with Crippen molar-refractivity contribution < 1.29 is 0 Å². The van der Waals surface area contributed by atoms with Crippen molar-refractivity contribution >= 4 is 16.9 Å². The maximum Gasteiger partial charge on any atom is 0.160 e. The zero-order valence-corrected chi connectivity index (χ0v) is 14.0. The molecule has 1 heterocycles. The molecule has 0 aromatic heterocycles. The topological polar surface area (TPSA) is 15.6 Å². The predicted octanol–water partition coefficient (Wildman–Crippen LogP) is 4.55. The molecule has 0 bridgehead atoms. The second kappa shape index (κ2) is 6.51. The highest BCUT2D eigenvalue weighted by molar-refractivity contribution is 8.14. The van der Waals surface area contributed by atoms with Crippen molar-refractivity contribution in [3.05, 3.63) is 0 Å². The summed E-state index contributed by atoms with van der Waals surface area (Å²) in [4.78, 5) is 7.51. The van der Waals surface area contributed by atoms with Gasteiger partial charge in [-0.1, -0.05) is 37.9 Å². The molecule has 3 unspecified atom stereocenters. The normalized spacial score (nSPS) is 34.8. The number of amidine groups is 1. The van der Waals surface area contributed by atoms with Crippen LogP contribution in [0, 0.1) is 5.92 Å². The van der Waals surface area contributed by atoms with Crippen LogP contribution in [0.3, 0.4) is 0 Å². The Bertz CT molecular complexity index is 325. The number of aliphatic imine (C=N–C) groups is 1. The van der Waals surface area contributed by atoms with Gasteiger partial charge in [-0.25, -0.2) is 0 Å². The Morgan fingerprint density at radius 1 is 1.16 bits per heavy atom. The van der Waals surface area contributed by atoms with Gasteiger partial charge in [0.15, 0.2) is 5.17 Å². The molecule has 110 valence electrons. The monoisotopic (exact) mass is 282 g/mol. The van der Waals surface area contributed by atoms with Crippen molar-refractivity contribution in [2.75, 3.05) is 0 Å².